The summed E-state index contributed by atoms with van der Waals surface area (Å²) in [6.07, 6.45) is -3.30. The SMILES string of the molecule is Cc1nnc(C23C[C@@H](C[C@@H](C(F)(F)F)C2)N3C(=O)Nc2ccc(Cl)c(-n3ccc(F)n3)c2)o1. The van der Waals surface area contributed by atoms with Crippen LogP contribution in [0.2, 0.25) is 5.02 Å². The number of alkyl halides is 3. The number of aromatic nitrogens is 4. The molecule has 1 saturated carbocycles. The fourth-order valence-corrected chi connectivity index (χ4v) is 4.97. The first-order chi connectivity index (χ1) is 15.6. The third-order valence-corrected chi connectivity index (χ3v) is 6.47. The molecule has 5 rings (SSSR count). The van der Waals surface area contributed by atoms with Crippen LogP contribution < -0.4 is 5.32 Å². The van der Waals surface area contributed by atoms with Crippen molar-refractivity contribution in [1.82, 2.24) is 24.9 Å². The van der Waals surface area contributed by atoms with Crippen LogP contribution in [0.5, 0.6) is 0 Å². The van der Waals surface area contributed by atoms with E-state index in [1.165, 1.54) is 40.9 Å². The Morgan fingerprint density at radius 1 is 1.27 bits per heavy atom. The van der Waals surface area contributed by atoms with Gasteiger partial charge in [-0.05, 0) is 31.0 Å². The van der Waals surface area contributed by atoms with Gasteiger partial charge >= 0.3 is 12.2 Å². The number of urea groups is 1. The molecule has 3 aromatic rings. The van der Waals surface area contributed by atoms with Crippen LogP contribution in [0.4, 0.5) is 28.0 Å². The Hall–Kier alpha value is -3.15. The molecule has 2 aliphatic rings. The number of benzene rings is 1. The minimum Gasteiger partial charge on any atom is -0.423 e. The maximum absolute atomic E-state index is 13.5. The van der Waals surface area contributed by atoms with E-state index in [0.29, 0.717) is 17.8 Å². The van der Waals surface area contributed by atoms with Gasteiger partial charge in [-0.15, -0.1) is 15.3 Å². The van der Waals surface area contributed by atoms with Crippen molar-refractivity contribution < 1.29 is 26.8 Å². The Morgan fingerprint density at radius 3 is 2.70 bits per heavy atom. The highest BCUT2D eigenvalue weighted by Crippen LogP contribution is 2.58. The summed E-state index contributed by atoms with van der Waals surface area (Å²) in [7, 11) is 0. The highest BCUT2D eigenvalue weighted by molar-refractivity contribution is 6.32. The molecular formula is C20H17ClF4N6O2. The third-order valence-electron chi connectivity index (χ3n) is 6.15. The van der Waals surface area contributed by atoms with Crippen molar-refractivity contribution in [3.8, 4) is 5.69 Å². The summed E-state index contributed by atoms with van der Waals surface area (Å²) in [5, 5.41) is 14.3. The fraction of sp³-hybridized carbons (Fsp3) is 0.400. The molecule has 2 bridgehead atoms. The number of amides is 2. The number of hydrogen-bond acceptors (Lipinski definition) is 5. The molecule has 1 unspecified atom stereocenters. The molecule has 1 aliphatic carbocycles. The number of fused-ring (bicyclic) bond motifs is 2. The van der Waals surface area contributed by atoms with Crippen LogP contribution in [0.15, 0.2) is 34.9 Å². The minimum absolute atomic E-state index is 0.0100. The lowest BCUT2D eigenvalue weighted by molar-refractivity contribution is -0.229. The lowest BCUT2D eigenvalue weighted by atomic mass is 9.63. The molecule has 3 heterocycles. The van der Waals surface area contributed by atoms with Crippen LogP contribution in [-0.4, -0.2) is 43.1 Å². The topological polar surface area (TPSA) is 89.1 Å². The van der Waals surface area contributed by atoms with Crippen molar-refractivity contribution in [3.63, 3.8) is 0 Å². The molecule has 8 nitrogen and oxygen atoms in total. The molecule has 13 heteroatoms. The smallest absolute Gasteiger partial charge is 0.392 e. The van der Waals surface area contributed by atoms with Gasteiger partial charge in [-0.2, -0.15) is 17.6 Å². The van der Waals surface area contributed by atoms with Crippen LogP contribution in [0.25, 0.3) is 5.69 Å². The number of aryl methyl sites for hydroxylation is 1. The highest BCUT2D eigenvalue weighted by Gasteiger charge is 2.66. The summed E-state index contributed by atoms with van der Waals surface area (Å²) in [6, 6.07) is 4.42. The number of halogens is 5. The van der Waals surface area contributed by atoms with Gasteiger partial charge in [-0.3, -0.25) is 0 Å². The van der Waals surface area contributed by atoms with Gasteiger partial charge in [0.25, 0.3) is 0 Å². The van der Waals surface area contributed by atoms with E-state index in [0.717, 1.165) is 6.07 Å². The van der Waals surface area contributed by atoms with Crippen molar-refractivity contribution in [2.45, 2.75) is 43.9 Å². The van der Waals surface area contributed by atoms with Crippen molar-refractivity contribution in [1.29, 1.82) is 0 Å². The fourth-order valence-electron chi connectivity index (χ4n) is 4.76. The molecular weight excluding hydrogens is 468 g/mol. The number of piperidine rings is 1. The Morgan fingerprint density at radius 2 is 2.06 bits per heavy atom. The van der Waals surface area contributed by atoms with Crippen LogP contribution in [-0.2, 0) is 5.54 Å². The van der Waals surface area contributed by atoms with E-state index in [2.05, 4.69) is 20.6 Å². The lowest BCUT2D eigenvalue weighted by Gasteiger charge is -2.61. The maximum atomic E-state index is 13.5. The molecule has 1 N–H and O–H groups in total. The van der Waals surface area contributed by atoms with E-state index < -0.39 is 35.7 Å². The van der Waals surface area contributed by atoms with E-state index in [9.17, 15) is 22.4 Å². The van der Waals surface area contributed by atoms with Crippen molar-refractivity contribution in [2.24, 2.45) is 5.92 Å². The molecule has 0 radical (unpaired) electrons. The molecule has 1 aromatic carbocycles. The van der Waals surface area contributed by atoms with Gasteiger partial charge in [-0.1, -0.05) is 11.6 Å². The summed E-state index contributed by atoms with van der Waals surface area (Å²) >= 11 is 6.18. The second-order valence-electron chi connectivity index (χ2n) is 8.24. The van der Waals surface area contributed by atoms with Gasteiger partial charge in [0.1, 0.15) is 5.54 Å². The van der Waals surface area contributed by atoms with Crippen molar-refractivity contribution in [3.05, 3.63) is 53.2 Å². The molecule has 1 saturated heterocycles. The zero-order valence-electron chi connectivity index (χ0n) is 17.1. The summed E-state index contributed by atoms with van der Waals surface area (Å²) in [4.78, 5) is 14.6. The van der Waals surface area contributed by atoms with E-state index in [4.69, 9.17) is 16.0 Å². The first kappa shape index (κ1) is 21.7. The normalized spacial score (nSPS) is 24.5. The van der Waals surface area contributed by atoms with E-state index in [-0.39, 0.29) is 29.6 Å². The average molecular weight is 485 g/mol. The van der Waals surface area contributed by atoms with Gasteiger partial charge in [0.05, 0.1) is 16.6 Å². The van der Waals surface area contributed by atoms with E-state index in [1.54, 1.807) is 0 Å². The highest BCUT2D eigenvalue weighted by atomic mass is 35.5. The quantitative estimate of drug-likeness (QED) is 0.538. The van der Waals surface area contributed by atoms with Crippen LogP contribution in [0.1, 0.15) is 31.0 Å². The van der Waals surface area contributed by atoms with Crippen molar-refractivity contribution >= 4 is 23.3 Å². The lowest BCUT2D eigenvalue weighted by Crippen LogP contribution is -2.71. The molecule has 2 fully saturated rings. The van der Waals surface area contributed by atoms with Gasteiger partial charge in [0, 0.05) is 37.3 Å². The largest absolute Gasteiger partial charge is 0.423 e. The van der Waals surface area contributed by atoms with Gasteiger partial charge in [0.15, 0.2) is 0 Å². The first-order valence-corrected chi connectivity index (χ1v) is 10.4. The van der Waals surface area contributed by atoms with Crippen LogP contribution in [0, 0.1) is 18.8 Å². The van der Waals surface area contributed by atoms with Gasteiger partial charge < -0.3 is 14.6 Å². The van der Waals surface area contributed by atoms with Crippen molar-refractivity contribution in [2.75, 3.05) is 5.32 Å². The molecule has 33 heavy (non-hydrogen) atoms. The predicted octanol–water partition coefficient (Wildman–Crippen LogP) is 4.83. The molecule has 3 atom stereocenters. The van der Waals surface area contributed by atoms with E-state index >= 15 is 0 Å². The molecule has 174 valence electrons. The number of nitrogens with zero attached hydrogens (tertiary/aromatic N) is 5. The average Bonchev–Trinajstić information content (AvgIpc) is 3.37. The molecule has 2 aromatic heterocycles. The summed E-state index contributed by atoms with van der Waals surface area (Å²) in [6.45, 7) is 1.53. The second kappa shape index (κ2) is 7.44. The number of anilines is 1. The molecule has 0 spiro atoms. The summed E-state index contributed by atoms with van der Waals surface area (Å²) in [5.74, 6) is -2.09. The Labute approximate surface area is 189 Å². The number of carbonyl (C=O) groups excluding carboxylic acids is 1. The van der Waals surface area contributed by atoms with Crippen LogP contribution >= 0.6 is 11.6 Å². The van der Waals surface area contributed by atoms with Gasteiger partial charge in [0.2, 0.25) is 17.7 Å². The predicted molar refractivity (Wildman–Crippen MR) is 107 cm³/mol. The summed E-state index contributed by atoms with van der Waals surface area (Å²) < 4.78 is 60.5. The minimum atomic E-state index is -4.40. The van der Waals surface area contributed by atoms with E-state index in [1.807, 2.05) is 0 Å². The number of hydrogen-bond donors (Lipinski definition) is 1. The molecule has 1 aliphatic heterocycles. The standard InChI is InChI=1S/C20H17ClF4N6O2/c1-10-27-28-17(33-10)19-8-11(20(23,24)25)6-13(9-19)31(19)18(32)26-12-2-3-14(21)15(7-12)30-5-4-16(22)29-30/h2-5,7,11,13H,6,8-9H2,1H3,(H,26,32)/t11-,13-,19?/m1/s1. The Bertz CT molecular complexity index is 1230. The Kier molecular flexibility index (Phi) is 4.89. The Balaban J connectivity index is 1.44. The zero-order valence-corrected chi connectivity index (χ0v) is 17.9. The monoisotopic (exact) mass is 484 g/mol. The second-order valence-corrected chi connectivity index (χ2v) is 8.65. The molecule has 2 amide bonds. The van der Waals surface area contributed by atoms with Crippen LogP contribution in [0.3, 0.4) is 0 Å². The third kappa shape index (κ3) is 3.62. The summed E-state index contributed by atoms with van der Waals surface area (Å²) in [5.41, 5.74) is -0.708. The maximum Gasteiger partial charge on any atom is 0.392 e. The van der Waals surface area contributed by atoms with Gasteiger partial charge in [-0.25, -0.2) is 9.48 Å². The number of rotatable bonds is 3. The number of nitrogens with one attached hydrogen (secondary N) is 1. The zero-order chi connectivity index (χ0) is 23.5. The first-order valence-electron chi connectivity index (χ1n) is 10.1. The number of likely N-dealkylation sites (tertiary alicyclic amines) is 1. The number of carbonyl (C=O) groups is 1.